The maximum atomic E-state index is 13.3. The molecule has 1 N–H and O–H groups in total. The van der Waals surface area contributed by atoms with Crippen LogP contribution >= 0.6 is 0 Å². The van der Waals surface area contributed by atoms with Gasteiger partial charge in [0.25, 0.3) is 0 Å². The second-order valence-corrected chi connectivity index (χ2v) is 12.4. The van der Waals surface area contributed by atoms with Gasteiger partial charge in [-0.15, -0.1) is 0 Å². The van der Waals surface area contributed by atoms with E-state index in [9.17, 15) is 9.90 Å². The van der Waals surface area contributed by atoms with Crippen molar-refractivity contribution in [2.45, 2.75) is 87.9 Å². The average molecular weight is 453 g/mol. The van der Waals surface area contributed by atoms with E-state index in [1.807, 2.05) is 18.2 Å². The summed E-state index contributed by atoms with van der Waals surface area (Å²) in [4.78, 5) is 13.3. The third kappa shape index (κ3) is 2.83. The van der Waals surface area contributed by atoms with E-state index in [-0.39, 0.29) is 30.0 Å². The van der Waals surface area contributed by atoms with Crippen LogP contribution in [0.5, 0.6) is 0 Å². The van der Waals surface area contributed by atoms with Crippen LogP contribution in [0.3, 0.4) is 0 Å². The summed E-state index contributed by atoms with van der Waals surface area (Å²) in [7, 11) is 2.40. The first-order chi connectivity index (χ1) is 15.9. The Bertz CT molecular complexity index is 948. The van der Waals surface area contributed by atoms with Gasteiger partial charge in [-0.3, -0.25) is 4.79 Å². The highest BCUT2D eigenvalue weighted by atomic mass is 16.6. The number of aliphatic hydroxyl groups is 1. The van der Waals surface area contributed by atoms with E-state index >= 15 is 0 Å². The van der Waals surface area contributed by atoms with E-state index < -0.39 is 17.1 Å². The monoisotopic (exact) mass is 452 g/mol. The third-order valence-corrected chi connectivity index (χ3v) is 10.8. The zero-order valence-corrected chi connectivity index (χ0v) is 19.8. The SMILES string of the molecule is C[N+]1(CC2CC2)CCC23C4OC5C(OCc6ccccc6)CCC(CC1[C@]2(O)CCC4=O)C53. The molecule has 0 amide bonds. The van der Waals surface area contributed by atoms with Crippen LogP contribution in [0.15, 0.2) is 30.3 Å². The lowest BCUT2D eigenvalue weighted by molar-refractivity contribution is -0.954. The predicted octanol–water partition coefficient (Wildman–Crippen LogP) is 3.48. The normalized spacial score (nSPS) is 50.2. The highest BCUT2D eigenvalue weighted by molar-refractivity contribution is 5.86. The first kappa shape index (κ1) is 21.0. The van der Waals surface area contributed by atoms with Crippen LogP contribution in [0.4, 0.5) is 0 Å². The van der Waals surface area contributed by atoms with Crippen LogP contribution in [0.25, 0.3) is 0 Å². The quantitative estimate of drug-likeness (QED) is 0.695. The number of likely N-dealkylation sites (tertiary alicyclic amines) is 1. The molecule has 7 rings (SSSR count). The standard InChI is InChI=1S/C28H38NO4/c1-29(16-18-7-8-18)14-13-27-24-20-9-10-22(32-17-19-5-3-2-4-6-19)25(24)33-26(27)21(30)11-12-28(27,31)23(29)15-20/h2-6,18,20,22-26,31H,7-17H2,1H3/q+1/t20?,22?,23?,24?,25?,26?,27?,28-,29?/m1/s1. The molecule has 4 aliphatic carbocycles. The molecule has 1 aromatic rings. The fourth-order valence-corrected chi connectivity index (χ4v) is 9.29. The lowest BCUT2D eigenvalue weighted by Gasteiger charge is -2.68. The van der Waals surface area contributed by atoms with E-state index in [2.05, 4.69) is 19.2 Å². The molecule has 0 aromatic heterocycles. The molecule has 8 unspecified atom stereocenters. The van der Waals surface area contributed by atoms with Gasteiger partial charge in [0, 0.05) is 36.5 Å². The Morgan fingerprint density at radius 2 is 1.97 bits per heavy atom. The van der Waals surface area contributed by atoms with E-state index in [0.717, 1.165) is 42.6 Å². The van der Waals surface area contributed by atoms with Gasteiger partial charge in [-0.25, -0.2) is 0 Å². The van der Waals surface area contributed by atoms with Crippen molar-refractivity contribution < 1.29 is 23.9 Å². The second kappa shape index (κ2) is 7.13. The number of hydrogen-bond acceptors (Lipinski definition) is 4. The topological polar surface area (TPSA) is 55.8 Å². The molecule has 33 heavy (non-hydrogen) atoms. The zero-order chi connectivity index (χ0) is 22.4. The first-order valence-corrected chi connectivity index (χ1v) is 13.3. The molecule has 1 aromatic carbocycles. The van der Waals surface area contributed by atoms with Crippen LogP contribution in [0.1, 0.15) is 56.9 Å². The van der Waals surface area contributed by atoms with Gasteiger partial charge < -0.3 is 19.1 Å². The first-order valence-electron chi connectivity index (χ1n) is 13.3. The summed E-state index contributed by atoms with van der Waals surface area (Å²) in [5.41, 5.74) is -0.0169. The third-order valence-electron chi connectivity index (χ3n) is 10.8. The van der Waals surface area contributed by atoms with E-state index in [1.54, 1.807) is 0 Å². The van der Waals surface area contributed by atoms with Gasteiger partial charge in [0.05, 0.1) is 39.0 Å². The molecule has 6 aliphatic rings. The van der Waals surface area contributed by atoms with Crippen molar-refractivity contribution in [3.05, 3.63) is 35.9 Å². The Morgan fingerprint density at radius 3 is 2.76 bits per heavy atom. The minimum absolute atomic E-state index is 0.00861. The molecule has 2 aliphatic heterocycles. The van der Waals surface area contributed by atoms with Crippen LogP contribution in [-0.4, -0.2) is 65.5 Å². The van der Waals surface area contributed by atoms with Gasteiger partial charge in [0.2, 0.25) is 0 Å². The van der Waals surface area contributed by atoms with Crippen molar-refractivity contribution in [3.63, 3.8) is 0 Å². The molecule has 4 saturated carbocycles. The molecule has 2 saturated heterocycles. The summed E-state index contributed by atoms with van der Waals surface area (Å²) in [6.07, 6.45) is 7.42. The Labute approximate surface area is 197 Å². The number of piperidine rings is 1. The number of carbonyl (C=O) groups excluding carboxylic acids is 1. The summed E-state index contributed by atoms with van der Waals surface area (Å²) >= 11 is 0. The average Bonchev–Trinajstić information content (AvgIpc) is 3.54. The van der Waals surface area contributed by atoms with Crippen molar-refractivity contribution in [2.24, 2.45) is 23.2 Å². The molecular weight excluding hydrogens is 414 g/mol. The van der Waals surface area contributed by atoms with Crippen molar-refractivity contribution in [1.82, 2.24) is 0 Å². The van der Waals surface area contributed by atoms with Crippen LogP contribution in [0.2, 0.25) is 0 Å². The molecule has 1 spiro atoms. The Kier molecular flexibility index (Phi) is 4.55. The highest BCUT2D eigenvalue weighted by Crippen LogP contribution is 2.70. The Balaban J connectivity index is 1.24. The minimum Gasteiger partial charge on any atom is -0.383 e. The van der Waals surface area contributed by atoms with Crippen molar-refractivity contribution >= 4 is 5.78 Å². The molecule has 9 atom stereocenters. The molecule has 178 valence electrons. The summed E-state index contributed by atoms with van der Waals surface area (Å²) in [6.45, 7) is 2.85. The molecule has 0 radical (unpaired) electrons. The van der Waals surface area contributed by atoms with Gasteiger partial charge in [-0.2, -0.15) is 0 Å². The smallest absolute Gasteiger partial charge is 0.162 e. The van der Waals surface area contributed by atoms with Crippen molar-refractivity contribution in [3.8, 4) is 0 Å². The number of benzene rings is 1. The van der Waals surface area contributed by atoms with Gasteiger partial charge in [-0.1, -0.05) is 30.3 Å². The number of quaternary nitrogens is 1. The Hall–Kier alpha value is -1.27. The Morgan fingerprint density at radius 1 is 1.15 bits per heavy atom. The molecule has 2 heterocycles. The fraction of sp³-hybridized carbons (Fsp3) is 0.750. The highest BCUT2D eigenvalue weighted by Gasteiger charge is 2.80. The fourth-order valence-electron chi connectivity index (χ4n) is 9.29. The second-order valence-electron chi connectivity index (χ2n) is 12.4. The maximum Gasteiger partial charge on any atom is 0.162 e. The number of ketones is 1. The maximum absolute atomic E-state index is 13.3. The number of likely N-dealkylation sites (N-methyl/N-ethyl adjacent to an activating group) is 1. The molecular formula is C28H38NO4+. The van der Waals surface area contributed by atoms with Gasteiger partial charge in [-0.05, 0) is 43.6 Å². The van der Waals surface area contributed by atoms with Gasteiger partial charge in [0.1, 0.15) is 17.7 Å². The van der Waals surface area contributed by atoms with Crippen LogP contribution in [-0.2, 0) is 20.9 Å². The molecule has 2 bridgehead atoms. The van der Waals surface area contributed by atoms with E-state index in [0.29, 0.717) is 25.4 Å². The molecule has 5 heteroatoms. The minimum atomic E-state index is -0.787. The van der Waals surface area contributed by atoms with Crippen LogP contribution < -0.4 is 0 Å². The van der Waals surface area contributed by atoms with Gasteiger partial charge in [0.15, 0.2) is 5.78 Å². The van der Waals surface area contributed by atoms with E-state index in [1.165, 1.54) is 24.9 Å². The lowest BCUT2D eigenvalue weighted by atomic mass is 9.42. The van der Waals surface area contributed by atoms with Crippen LogP contribution in [0, 0.1) is 23.2 Å². The summed E-state index contributed by atoms with van der Waals surface area (Å²) < 4.78 is 14.2. The number of Topliss-reactive ketones (excluding diaryl/α,β-unsaturated/α-hetero) is 1. The lowest BCUT2D eigenvalue weighted by Crippen LogP contribution is -2.81. The zero-order valence-electron chi connectivity index (χ0n) is 19.8. The predicted molar refractivity (Wildman–Crippen MR) is 123 cm³/mol. The van der Waals surface area contributed by atoms with Crippen molar-refractivity contribution in [2.75, 3.05) is 20.1 Å². The van der Waals surface area contributed by atoms with Gasteiger partial charge >= 0.3 is 0 Å². The molecule has 5 nitrogen and oxygen atoms in total. The molecule has 6 fully saturated rings. The number of carbonyl (C=O) groups is 1. The number of nitrogens with zero attached hydrogens (tertiary/aromatic N) is 1. The number of hydrogen-bond donors (Lipinski definition) is 1. The number of ether oxygens (including phenoxy) is 2. The largest absolute Gasteiger partial charge is 0.383 e. The summed E-state index contributed by atoms with van der Waals surface area (Å²) in [6, 6.07) is 10.6. The van der Waals surface area contributed by atoms with E-state index in [4.69, 9.17) is 9.47 Å². The summed E-state index contributed by atoms with van der Waals surface area (Å²) in [5, 5.41) is 12.6. The number of rotatable bonds is 5. The van der Waals surface area contributed by atoms with Crippen molar-refractivity contribution in [1.29, 1.82) is 0 Å². The summed E-state index contributed by atoms with van der Waals surface area (Å²) in [5.74, 6) is 1.84.